The second-order valence-corrected chi connectivity index (χ2v) is 6.14. The second-order valence-electron chi connectivity index (χ2n) is 6.14. The van der Waals surface area contributed by atoms with E-state index in [1.165, 1.54) is 18.4 Å². The number of ether oxygens (including phenoxy) is 4. The highest BCUT2D eigenvalue weighted by molar-refractivity contribution is 5.45. The van der Waals surface area contributed by atoms with Gasteiger partial charge >= 0.3 is 6.18 Å². The Balaban J connectivity index is 1.71. The predicted octanol–water partition coefficient (Wildman–Crippen LogP) is 3.57. The van der Waals surface area contributed by atoms with Gasteiger partial charge in [0.1, 0.15) is 6.10 Å². The molecule has 1 saturated heterocycles. The van der Waals surface area contributed by atoms with E-state index in [-0.39, 0.29) is 17.7 Å². The third-order valence-corrected chi connectivity index (χ3v) is 4.27. The van der Waals surface area contributed by atoms with E-state index in [4.69, 9.17) is 18.9 Å². The fraction of sp³-hybridized carbons (Fsp3) is 0.647. The first-order chi connectivity index (χ1) is 12.4. The van der Waals surface area contributed by atoms with Crippen molar-refractivity contribution < 1.29 is 32.1 Å². The molecule has 0 N–H and O–H groups in total. The zero-order valence-electron chi connectivity index (χ0n) is 14.4. The van der Waals surface area contributed by atoms with Crippen molar-refractivity contribution in [2.24, 2.45) is 0 Å². The summed E-state index contributed by atoms with van der Waals surface area (Å²) < 4.78 is 61.1. The number of rotatable bonds is 5. The van der Waals surface area contributed by atoms with Crippen LogP contribution in [-0.2, 0) is 20.4 Å². The maximum absolute atomic E-state index is 13.0. The van der Waals surface area contributed by atoms with Crippen molar-refractivity contribution in [1.29, 1.82) is 0 Å². The first-order valence-corrected chi connectivity index (χ1v) is 8.59. The van der Waals surface area contributed by atoms with Crippen molar-refractivity contribution in [3.05, 3.63) is 23.8 Å². The van der Waals surface area contributed by atoms with E-state index >= 15 is 0 Å². The molecule has 0 unspecified atom stereocenters. The van der Waals surface area contributed by atoms with Crippen LogP contribution in [0.5, 0.6) is 5.88 Å². The van der Waals surface area contributed by atoms with Crippen LogP contribution in [-0.4, -0.2) is 41.7 Å². The predicted molar refractivity (Wildman–Crippen MR) is 85.2 cm³/mol. The SMILES string of the molecule is CCO/C=C/c1cc(OC2CCC3(CC2)OCCO3)nc(C(F)(F)F)n1. The zero-order chi connectivity index (χ0) is 18.6. The third kappa shape index (κ3) is 4.64. The van der Waals surface area contributed by atoms with Crippen molar-refractivity contribution in [1.82, 2.24) is 9.97 Å². The Labute approximate surface area is 149 Å². The van der Waals surface area contributed by atoms with E-state index in [2.05, 4.69) is 9.97 Å². The highest BCUT2D eigenvalue weighted by Crippen LogP contribution is 2.37. The molecule has 1 aromatic rings. The summed E-state index contributed by atoms with van der Waals surface area (Å²) >= 11 is 0. The van der Waals surface area contributed by atoms with Gasteiger partial charge in [-0.15, -0.1) is 0 Å². The average Bonchev–Trinajstić information content (AvgIpc) is 3.05. The van der Waals surface area contributed by atoms with Crippen LogP contribution in [0.3, 0.4) is 0 Å². The van der Waals surface area contributed by atoms with Gasteiger partial charge in [-0.2, -0.15) is 18.2 Å². The van der Waals surface area contributed by atoms with E-state index in [9.17, 15) is 13.2 Å². The maximum atomic E-state index is 13.0. The van der Waals surface area contributed by atoms with Crippen LogP contribution in [0, 0.1) is 0 Å². The second kappa shape index (κ2) is 7.79. The molecule has 2 aliphatic rings. The zero-order valence-corrected chi connectivity index (χ0v) is 14.4. The van der Waals surface area contributed by atoms with Crippen molar-refractivity contribution in [3.8, 4) is 5.88 Å². The Morgan fingerprint density at radius 3 is 2.54 bits per heavy atom. The van der Waals surface area contributed by atoms with Gasteiger partial charge in [0.25, 0.3) is 0 Å². The maximum Gasteiger partial charge on any atom is 0.451 e. The molecule has 1 aliphatic heterocycles. The molecule has 2 fully saturated rings. The van der Waals surface area contributed by atoms with E-state index < -0.39 is 17.8 Å². The number of hydrogen-bond donors (Lipinski definition) is 0. The molecule has 1 aliphatic carbocycles. The van der Waals surface area contributed by atoms with Crippen LogP contribution in [0.15, 0.2) is 12.3 Å². The minimum Gasteiger partial charge on any atom is -0.501 e. The van der Waals surface area contributed by atoms with Gasteiger partial charge in [0.2, 0.25) is 11.7 Å². The molecule has 1 saturated carbocycles. The molecule has 2 heterocycles. The summed E-state index contributed by atoms with van der Waals surface area (Å²) in [7, 11) is 0. The lowest BCUT2D eigenvalue weighted by Gasteiger charge is -2.35. The Morgan fingerprint density at radius 1 is 1.23 bits per heavy atom. The molecule has 0 aromatic carbocycles. The number of aromatic nitrogens is 2. The number of halogens is 3. The van der Waals surface area contributed by atoms with Crippen LogP contribution in [0.4, 0.5) is 13.2 Å². The summed E-state index contributed by atoms with van der Waals surface area (Å²) in [5, 5.41) is 0. The van der Waals surface area contributed by atoms with Crippen LogP contribution in [0.25, 0.3) is 6.08 Å². The summed E-state index contributed by atoms with van der Waals surface area (Å²) in [6, 6.07) is 1.37. The smallest absolute Gasteiger partial charge is 0.451 e. The number of hydrogen-bond acceptors (Lipinski definition) is 6. The van der Waals surface area contributed by atoms with Gasteiger partial charge in [-0.25, -0.2) is 4.98 Å². The topological polar surface area (TPSA) is 62.7 Å². The molecule has 1 spiro atoms. The first kappa shape index (κ1) is 18.9. The average molecular weight is 374 g/mol. The highest BCUT2D eigenvalue weighted by atomic mass is 19.4. The van der Waals surface area contributed by atoms with Crippen LogP contribution < -0.4 is 4.74 Å². The van der Waals surface area contributed by atoms with Crippen LogP contribution in [0.2, 0.25) is 0 Å². The lowest BCUT2D eigenvalue weighted by atomic mass is 9.92. The molecule has 0 amide bonds. The van der Waals surface area contributed by atoms with Gasteiger partial charge in [0, 0.05) is 18.9 Å². The molecular weight excluding hydrogens is 353 g/mol. The lowest BCUT2D eigenvalue weighted by molar-refractivity contribution is -0.186. The molecule has 9 heteroatoms. The lowest BCUT2D eigenvalue weighted by Crippen LogP contribution is -2.38. The molecule has 1 aromatic heterocycles. The summed E-state index contributed by atoms with van der Waals surface area (Å²) in [4.78, 5) is 7.03. The van der Waals surface area contributed by atoms with Gasteiger partial charge in [-0.1, -0.05) is 0 Å². The van der Waals surface area contributed by atoms with Crippen molar-refractivity contribution in [2.75, 3.05) is 19.8 Å². The normalized spacial score (nSPS) is 20.8. The number of nitrogens with zero attached hydrogens (tertiary/aromatic N) is 2. The van der Waals surface area contributed by atoms with Gasteiger partial charge in [0.15, 0.2) is 5.79 Å². The molecule has 3 rings (SSSR count). The largest absolute Gasteiger partial charge is 0.501 e. The van der Waals surface area contributed by atoms with Crippen LogP contribution in [0.1, 0.15) is 44.1 Å². The van der Waals surface area contributed by atoms with Gasteiger partial charge < -0.3 is 18.9 Å². The quantitative estimate of drug-likeness (QED) is 0.735. The van der Waals surface area contributed by atoms with Crippen molar-refractivity contribution in [2.45, 2.75) is 50.7 Å². The molecule has 144 valence electrons. The summed E-state index contributed by atoms with van der Waals surface area (Å²) in [5.41, 5.74) is 0.0746. The monoisotopic (exact) mass is 374 g/mol. The summed E-state index contributed by atoms with van der Waals surface area (Å²) in [6.07, 6.45) is 0.279. The fourth-order valence-electron chi connectivity index (χ4n) is 3.03. The minimum absolute atomic E-state index is 0.0746. The standard InChI is InChI=1S/C17H21F3N2O4/c1-2-23-8-5-12-11-14(22-15(21-12)17(18,19)20)26-13-3-6-16(7-4-13)24-9-10-25-16/h5,8,11,13H,2-4,6-7,9-10H2,1H3/b8-5+. The van der Waals surface area contributed by atoms with Gasteiger partial charge in [-0.05, 0) is 25.8 Å². The van der Waals surface area contributed by atoms with Gasteiger partial charge in [-0.3, -0.25) is 0 Å². The Kier molecular flexibility index (Phi) is 5.67. The van der Waals surface area contributed by atoms with E-state index in [1.807, 2.05) is 0 Å². The molecular formula is C17H21F3N2O4. The molecule has 26 heavy (non-hydrogen) atoms. The fourth-order valence-corrected chi connectivity index (χ4v) is 3.03. The van der Waals surface area contributed by atoms with E-state index in [0.717, 1.165) is 0 Å². The van der Waals surface area contributed by atoms with Crippen molar-refractivity contribution in [3.63, 3.8) is 0 Å². The third-order valence-electron chi connectivity index (χ3n) is 4.27. The minimum atomic E-state index is -4.66. The van der Waals surface area contributed by atoms with Crippen LogP contribution >= 0.6 is 0 Å². The van der Waals surface area contributed by atoms with E-state index in [1.54, 1.807) is 6.92 Å². The molecule has 0 bridgehead atoms. The molecule has 6 nitrogen and oxygen atoms in total. The molecule has 0 atom stereocenters. The Bertz CT molecular complexity index is 635. The Morgan fingerprint density at radius 2 is 1.92 bits per heavy atom. The first-order valence-electron chi connectivity index (χ1n) is 8.59. The van der Waals surface area contributed by atoms with Gasteiger partial charge in [0.05, 0.1) is 31.8 Å². The summed E-state index contributed by atoms with van der Waals surface area (Å²) in [6.45, 7) is 3.32. The highest BCUT2D eigenvalue weighted by Gasteiger charge is 2.41. The Hall–Kier alpha value is -1.87. The number of alkyl halides is 3. The van der Waals surface area contributed by atoms with E-state index in [0.29, 0.717) is 45.5 Å². The summed E-state index contributed by atoms with van der Waals surface area (Å²) in [5.74, 6) is -1.88. The van der Waals surface area contributed by atoms with Crippen molar-refractivity contribution >= 4 is 6.08 Å². The molecule has 0 radical (unpaired) electrons.